The van der Waals surface area contributed by atoms with Crippen LogP contribution in [0.3, 0.4) is 0 Å². The summed E-state index contributed by atoms with van der Waals surface area (Å²) in [6, 6.07) is 14.4. The fraction of sp³-hybridized carbons (Fsp3) is 0.391. The van der Waals surface area contributed by atoms with Gasteiger partial charge in [0.05, 0.1) is 12.8 Å². The number of amides is 1. The first-order valence-electron chi connectivity index (χ1n) is 10.5. The van der Waals surface area contributed by atoms with Crippen molar-refractivity contribution in [3.8, 4) is 5.75 Å². The molecule has 2 aromatic carbocycles. The number of fused-ring (bicyclic) bond motifs is 1. The minimum absolute atomic E-state index is 0.0302. The van der Waals surface area contributed by atoms with Crippen molar-refractivity contribution in [1.29, 1.82) is 0 Å². The minimum atomic E-state index is -3.73. The summed E-state index contributed by atoms with van der Waals surface area (Å²) in [5, 5.41) is 6.17. The summed E-state index contributed by atoms with van der Waals surface area (Å²) in [4.78, 5) is 12.9. The predicted molar refractivity (Wildman–Crippen MR) is 120 cm³/mol. The van der Waals surface area contributed by atoms with Crippen LogP contribution >= 0.6 is 0 Å². The van der Waals surface area contributed by atoms with Crippen molar-refractivity contribution in [2.45, 2.75) is 50.0 Å². The van der Waals surface area contributed by atoms with Gasteiger partial charge in [-0.1, -0.05) is 37.1 Å². The number of anilines is 1. The number of sulfonamides is 1. The van der Waals surface area contributed by atoms with Crippen molar-refractivity contribution in [2.24, 2.45) is 9.81 Å². The molecule has 1 amide bonds. The Hall–Kier alpha value is -2.87. The van der Waals surface area contributed by atoms with E-state index in [1.807, 2.05) is 24.3 Å². The second kappa shape index (κ2) is 8.70. The van der Waals surface area contributed by atoms with Crippen LogP contribution in [-0.2, 0) is 21.4 Å². The van der Waals surface area contributed by atoms with Gasteiger partial charge in [0.25, 0.3) is 10.0 Å². The summed E-state index contributed by atoms with van der Waals surface area (Å²) in [5.74, 6) is 1.17. The van der Waals surface area contributed by atoms with Gasteiger partial charge in [-0.15, -0.1) is 4.40 Å². The zero-order chi connectivity index (χ0) is 21.9. The van der Waals surface area contributed by atoms with Crippen LogP contribution < -0.4 is 15.4 Å². The van der Waals surface area contributed by atoms with Gasteiger partial charge >= 0.3 is 0 Å². The van der Waals surface area contributed by atoms with Crippen LogP contribution in [0.15, 0.2) is 57.8 Å². The van der Waals surface area contributed by atoms with E-state index in [0.29, 0.717) is 30.9 Å². The molecule has 164 valence electrons. The zero-order valence-electron chi connectivity index (χ0n) is 17.6. The largest absolute Gasteiger partial charge is 0.497 e. The van der Waals surface area contributed by atoms with Gasteiger partial charge in [0.15, 0.2) is 0 Å². The summed E-state index contributed by atoms with van der Waals surface area (Å²) in [6.07, 6.45) is 4.61. The van der Waals surface area contributed by atoms with E-state index in [1.165, 1.54) is 0 Å². The number of nitrogens with zero attached hydrogens (tertiary/aromatic N) is 1. The van der Waals surface area contributed by atoms with Gasteiger partial charge in [0.2, 0.25) is 5.91 Å². The van der Waals surface area contributed by atoms with Gasteiger partial charge in [-0.25, -0.2) is 0 Å². The van der Waals surface area contributed by atoms with Crippen LogP contribution in [0.5, 0.6) is 5.75 Å². The molecule has 31 heavy (non-hydrogen) atoms. The molecule has 0 bridgehead atoms. The Bertz CT molecular complexity index is 1090. The molecule has 1 heterocycles. The third kappa shape index (κ3) is 4.90. The van der Waals surface area contributed by atoms with Crippen LogP contribution in [0.25, 0.3) is 0 Å². The number of nitrogens with one attached hydrogen (secondary N) is 2. The summed E-state index contributed by atoms with van der Waals surface area (Å²) < 4.78 is 34.3. The second-order valence-corrected chi connectivity index (χ2v) is 9.89. The smallest absolute Gasteiger partial charge is 0.286 e. The molecule has 2 aliphatic rings. The molecule has 7 nitrogen and oxygen atoms in total. The zero-order valence-corrected chi connectivity index (χ0v) is 18.4. The quantitative estimate of drug-likeness (QED) is 0.680. The number of carbonyl (C=O) groups is 1. The van der Waals surface area contributed by atoms with E-state index in [1.54, 1.807) is 31.4 Å². The maximum atomic E-state index is 12.8. The lowest BCUT2D eigenvalue weighted by Crippen LogP contribution is -2.34. The number of ether oxygens (including phenoxy) is 1. The Kier molecular flexibility index (Phi) is 6.00. The normalized spacial score (nSPS) is 18.4. The summed E-state index contributed by atoms with van der Waals surface area (Å²) in [5.41, 5.74) is 1.26. The maximum absolute atomic E-state index is 12.8. The average Bonchev–Trinajstić information content (AvgIpc) is 3.20. The molecule has 0 radical (unpaired) electrons. The first-order chi connectivity index (χ1) is 14.9. The van der Waals surface area contributed by atoms with Crippen LogP contribution in [0.4, 0.5) is 5.69 Å². The van der Waals surface area contributed by atoms with Gasteiger partial charge in [-0.05, 0) is 48.1 Å². The Labute approximate surface area is 183 Å². The fourth-order valence-corrected chi connectivity index (χ4v) is 5.63. The number of hydrogen-bond acceptors (Lipinski definition) is 5. The number of carbonyl (C=O) groups excluding carboxylic acids is 1. The summed E-state index contributed by atoms with van der Waals surface area (Å²) in [6.45, 7) is 0.444. The van der Waals surface area contributed by atoms with Gasteiger partial charge in [0, 0.05) is 19.4 Å². The fourth-order valence-electron chi connectivity index (χ4n) is 4.49. The van der Waals surface area contributed by atoms with E-state index in [9.17, 15) is 13.2 Å². The highest BCUT2D eigenvalue weighted by atomic mass is 32.2. The van der Waals surface area contributed by atoms with Crippen molar-refractivity contribution in [3.63, 3.8) is 0 Å². The van der Waals surface area contributed by atoms with Gasteiger partial charge in [-0.3, -0.25) is 4.79 Å². The number of hydrogen-bond donors (Lipinski definition) is 2. The van der Waals surface area contributed by atoms with Crippen LogP contribution in [-0.4, -0.2) is 27.3 Å². The Morgan fingerprint density at radius 3 is 2.55 bits per heavy atom. The highest BCUT2D eigenvalue weighted by molar-refractivity contribution is 7.90. The summed E-state index contributed by atoms with van der Waals surface area (Å²) >= 11 is 0. The van der Waals surface area contributed by atoms with Crippen LogP contribution in [0.2, 0.25) is 0 Å². The lowest BCUT2D eigenvalue weighted by Gasteiger charge is -2.30. The van der Waals surface area contributed by atoms with Gasteiger partial charge in [-0.2, -0.15) is 8.42 Å². The second-order valence-electron chi connectivity index (χ2n) is 8.32. The highest BCUT2D eigenvalue weighted by Gasteiger charge is 2.38. The minimum Gasteiger partial charge on any atom is -0.497 e. The average molecular weight is 442 g/mol. The third-order valence-corrected chi connectivity index (χ3v) is 7.44. The standard InChI is InChI=1S/C23H27N3O4S/c1-30-18-10-8-17(9-11-18)16-24-22(27)15-23(12-4-5-13-23)14-21-25-19-6-2-3-7-20(19)31(28,29)26-21/h2-3,6-11H,4-5,12-16H2,1H3,(H,24,27)(H,25,26). The maximum Gasteiger partial charge on any atom is 0.286 e. The molecule has 8 heteroatoms. The molecule has 1 aliphatic heterocycles. The monoisotopic (exact) mass is 441 g/mol. The van der Waals surface area contributed by atoms with Gasteiger partial charge in [0.1, 0.15) is 16.5 Å². The topological polar surface area (TPSA) is 96.9 Å². The molecule has 0 saturated heterocycles. The molecular formula is C23H27N3O4S. The van der Waals surface area contributed by atoms with E-state index < -0.39 is 10.0 Å². The van der Waals surface area contributed by atoms with Crippen molar-refractivity contribution in [1.82, 2.24) is 5.32 Å². The highest BCUT2D eigenvalue weighted by Crippen LogP contribution is 2.45. The van der Waals surface area contributed by atoms with E-state index in [4.69, 9.17) is 4.74 Å². The van der Waals surface area contributed by atoms with Crippen LogP contribution in [0, 0.1) is 5.41 Å². The van der Waals surface area contributed by atoms with Gasteiger partial charge < -0.3 is 15.4 Å². The molecule has 0 atom stereocenters. The van der Waals surface area contributed by atoms with Crippen molar-refractivity contribution < 1.29 is 17.9 Å². The lowest BCUT2D eigenvalue weighted by atomic mass is 9.78. The number of para-hydroxylation sites is 1. The molecule has 0 unspecified atom stereocenters. The molecule has 2 N–H and O–H groups in total. The molecule has 1 saturated carbocycles. The Morgan fingerprint density at radius 1 is 1.13 bits per heavy atom. The van der Waals surface area contributed by atoms with E-state index in [-0.39, 0.29) is 16.2 Å². The Balaban J connectivity index is 1.43. The molecule has 0 spiro atoms. The first-order valence-corrected chi connectivity index (χ1v) is 11.9. The Morgan fingerprint density at radius 2 is 1.84 bits per heavy atom. The summed E-state index contributed by atoms with van der Waals surface area (Å²) in [7, 11) is -2.11. The van der Waals surface area contributed by atoms with Crippen molar-refractivity contribution >= 4 is 27.5 Å². The number of rotatable bonds is 7. The molecule has 1 fully saturated rings. The van der Waals surface area contributed by atoms with Crippen molar-refractivity contribution in [2.75, 3.05) is 12.4 Å². The first kappa shape index (κ1) is 21.4. The van der Waals surface area contributed by atoms with Crippen LogP contribution in [0.1, 0.15) is 44.1 Å². The SMILES string of the molecule is COc1ccc(CNC(=O)CC2(CC3=NS(=O)(=O)c4ccccc4N3)CCCC2)cc1. The molecular weight excluding hydrogens is 414 g/mol. The lowest BCUT2D eigenvalue weighted by molar-refractivity contribution is -0.123. The number of amidine groups is 1. The molecule has 1 aliphatic carbocycles. The molecule has 0 aromatic heterocycles. The third-order valence-electron chi connectivity index (χ3n) is 6.07. The number of methoxy groups -OCH3 is 1. The van der Waals surface area contributed by atoms with E-state index in [2.05, 4.69) is 15.0 Å². The molecule has 4 rings (SSSR count). The van der Waals surface area contributed by atoms with Crippen molar-refractivity contribution in [3.05, 3.63) is 54.1 Å². The van der Waals surface area contributed by atoms with E-state index in [0.717, 1.165) is 37.0 Å². The predicted octanol–water partition coefficient (Wildman–Crippen LogP) is 3.86. The van der Waals surface area contributed by atoms with E-state index >= 15 is 0 Å². The number of benzene rings is 2. The molecule has 2 aromatic rings.